The smallest absolute Gasteiger partial charge is 0.226 e. The van der Waals surface area contributed by atoms with Crippen LogP contribution in [0.3, 0.4) is 0 Å². The Morgan fingerprint density at radius 3 is 2.30 bits per heavy atom. The summed E-state index contributed by atoms with van der Waals surface area (Å²) in [6.45, 7) is 5.84. The number of benzene rings is 1. The molecule has 2 rings (SSSR count). The average Bonchev–Trinajstić information content (AvgIpc) is 2.45. The highest BCUT2D eigenvalue weighted by atomic mass is 32.2. The SMILES string of the molecule is C[C@@H]1CN(C(=O)CCOc2ccc(S(C)(=O)=O)cc2)C[C@H](C)N1. The summed E-state index contributed by atoms with van der Waals surface area (Å²) in [6.07, 6.45) is 1.48. The van der Waals surface area contributed by atoms with E-state index in [1.807, 2.05) is 4.90 Å². The second-order valence-electron chi connectivity index (χ2n) is 6.11. The highest BCUT2D eigenvalue weighted by molar-refractivity contribution is 7.90. The van der Waals surface area contributed by atoms with Crippen LogP contribution in [-0.4, -0.2) is 57.3 Å². The Morgan fingerprint density at radius 1 is 1.22 bits per heavy atom. The lowest BCUT2D eigenvalue weighted by atomic mass is 10.1. The van der Waals surface area contributed by atoms with Crippen LogP contribution in [0, 0.1) is 0 Å². The lowest BCUT2D eigenvalue weighted by Gasteiger charge is -2.36. The second kappa shape index (κ2) is 7.31. The van der Waals surface area contributed by atoms with Gasteiger partial charge in [-0.2, -0.15) is 0 Å². The van der Waals surface area contributed by atoms with Crippen LogP contribution in [0.15, 0.2) is 29.2 Å². The van der Waals surface area contributed by atoms with Crippen LogP contribution >= 0.6 is 0 Å². The van der Waals surface area contributed by atoms with Crippen molar-refractivity contribution in [2.75, 3.05) is 26.0 Å². The van der Waals surface area contributed by atoms with E-state index in [-0.39, 0.29) is 17.4 Å². The first kappa shape index (κ1) is 17.7. The van der Waals surface area contributed by atoms with Crippen LogP contribution in [0.1, 0.15) is 20.3 Å². The van der Waals surface area contributed by atoms with Gasteiger partial charge in [-0.1, -0.05) is 0 Å². The average molecular weight is 340 g/mol. The molecule has 0 saturated carbocycles. The zero-order chi connectivity index (χ0) is 17.0. The third-order valence-corrected chi connectivity index (χ3v) is 4.88. The van der Waals surface area contributed by atoms with E-state index in [1.54, 1.807) is 12.1 Å². The molecular formula is C16H24N2O4S. The first-order chi connectivity index (χ1) is 10.8. The van der Waals surface area contributed by atoms with Gasteiger partial charge in [0.15, 0.2) is 9.84 Å². The van der Waals surface area contributed by atoms with Crippen LogP contribution in [0.4, 0.5) is 0 Å². The molecule has 6 nitrogen and oxygen atoms in total. The van der Waals surface area contributed by atoms with Crippen molar-refractivity contribution < 1.29 is 17.9 Å². The van der Waals surface area contributed by atoms with Crippen LogP contribution in [0.5, 0.6) is 5.75 Å². The van der Waals surface area contributed by atoms with Gasteiger partial charge in [0.25, 0.3) is 0 Å². The number of nitrogens with zero attached hydrogens (tertiary/aromatic N) is 1. The number of piperazine rings is 1. The molecule has 0 bridgehead atoms. The molecule has 23 heavy (non-hydrogen) atoms. The summed E-state index contributed by atoms with van der Waals surface area (Å²) >= 11 is 0. The van der Waals surface area contributed by atoms with Gasteiger partial charge in [0.05, 0.1) is 17.9 Å². The van der Waals surface area contributed by atoms with E-state index in [2.05, 4.69) is 19.2 Å². The van der Waals surface area contributed by atoms with Crippen molar-refractivity contribution in [3.63, 3.8) is 0 Å². The molecule has 1 aromatic rings. The quantitative estimate of drug-likeness (QED) is 0.868. The number of sulfone groups is 1. The van der Waals surface area contributed by atoms with E-state index >= 15 is 0 Å². The van der Waals surface area contributed by atoms with Gasteiger partial charge in [0, 0.05) is 31.4 Å². The highest BCUT2D eigenvalue weighted by Crippen LogP contribution is 2.16. The molecule has 7 heteroatoms. The molecule has 1 fully saturated rings. The monoisotopic (exact) mass is 340 g/mol. The third-order valence-electron chi connectivity index (χ3n) is 3.75. The van der Waals surface area contributed by atoms with Gasteiger partial charge in [0.1, 0.15) is 5.75 Å². The van der Waals surface area contributed by atoms with Crippen LogP contribution < -0.4 is 10.1 Å². The molecule has 1 aromatic carbocycles. The molecule has 2 atom stereocenters. The number of nitrogens with one attached hydrogen (secondary N) is 1. The van der Waals surface area contributed by atoms with Crippen LogP contribution in [0.2, 0.25) is 0 Å². The molecule has 1 heterocycles. The van der Waals surface area contributed by atoms with E-state index in [9.17, 15) is 13.2 Å². The first-order valence-electron chi connectivity index (χ1n) is 7.72. The summed E-state index contributed by atoms with van der Waals surface area (Å²) in [6, 6.07) is 6.82. The summed E-state index contributed by atoms with van der Waals surface area (Å²) in [4.78, 5) is 14.3. The predicted molar refractivity (Wildman–Crippen MR) is 88.3 cm³/mol. The number of ether oxygens (including phenoxy) is 1. The topological polar surface area (TPSA) is 75.7 Å². The molecule has 1 N–H and O–H groups in total. The number of hydrogen-bond donors (Lipinski definition) is 1. The van der Waals surface area contributed by atoms with Gasteiger partial charge >= 0.3 is 0 Å². The maximum atomic E-state index is 12.2. The molecular weight excluding hydrogens is 316 g/mol. The second-order valence-corrected chi connectivity index (χ2v) is 8.13. The molecule has 1 saturated heterocycles. The van der Waals surface area contributed by atoms with Gasteiger partial charge in [-0.3, -0.25) is 4.79 Å². The molecule has 0 radical (unpaired) electrons. The van der Waals surface area contributed by atoms with Crippen molar-refractivity contribution in [2.24, 2.45) is 0 Å². The summed E-state index contributed by atoms with van der Waals surface area (Å²) in [7, 11) is -3.20. The molecule has 0 unspecified atom stereocenters. The largest absolute Gasteiger partial charge is 0.493 e. The minimum atomic E-state index is -3.20. The fourth-order valence-electron chi connectivity index (χ4n) is 2.73. The van der Waals surface area contributed by atoms with Gasteiger partial charge < -0.3 is 15.0 Å². The zero-order valence-corrected chi connectivity index (χ0v) is 14.6. The van der Waals surface area contributed by atoms with Crippen molar-refractivity contribution in [2.45, 2.75) is 37.2 Å². The molecule has 1 aliphatic rings. The van der Waals surface area contributed by atoms with Crippen LogP contribution in [-0.2, 0) is 14.6 Å². The Morgan fingerprint density at radius 2 is 1.78 bits per heavy atom. The Hall–Kier alpha value is -1.60. The fourth-order valence-corrected chi connectivity index (χ4v) is 3.36. The number of rotatable bonds is 5. The summed E-state index contributed by atoms with van der Waals surface area (Å²) in [5.41, 5.74) is 0. The van der Waals surface area contributed by atoms with Gasteiger partial charge in [-0.05, 0) is 38.1 Å². The normalized spacial score (nSPS) is 22.0. The van der Waals surface area contributed by atoms with E-state index in [1.165, 1.54) is 12.1 Å². The Kier molecular flexibility index (Phi) is 5.64. The number of hydrogen-bond acceptors (Lipinski definition) is 5. The lowest BCUT2D eigenvalue weighted by Crippen LogP contribution is -2.56. The van der Waals surface area contributed by atoms with Crippen molar-refractivity contribution in [1.82, 2.24) is 10.2 Å². The standard InChI is InChI=1S/C16H24N2O4S/c1-12-10-18(11-13(2)17-12)16(19)8-9-22-14-4-6-15(7-5-14)23(3,20)21/h4-7,12-13,17H,8-11H2,1-3H3/t12-,13+. The minimum absolute atomic E-state index is 0.0814. The number of amides is 1. The maximum absolute atomic E-state index is 12.2. The molecule has 1 aliphatic heterocycles. The highest BCUT2D eigenvalue weighted by Gasteiger charge is 2.24. The Balaban J connectivity index is 1.81. The molecule has 1 amide bonds. The van der Waals surface area contributed by atoms with E-state index in [0.717, 1.165) is 6.26 Å². The Bertz CT molecular complexity index is 633. The summed E-state index contributed by atoms with van der Waals surface area (Å²) in [5, 5.41) is 3.39. The van der Waals surface area contributed by atoms with Gasteiger partial charge in [0.2, 0.25) is 5.91 Å². The molecule has 128 valence electrons. The lowest BCUT2D eigenvalue weighted by molar-refractivity contribution is -0.133. The van der Waals surface area contributed by atoms with Crippen molar-refractivity contribution >= 4 is 15.7 Å². The Labute approximate surface area is 137 Å². The molecule has 0 aliphatic carbocycles. The number of carbonyl (C=O) groups is 1. The molecule has 0 aromatic heterocycles. The summed E-state index contributed by atoms with van der Waals surface area (Å²) < 4.78 is 28.3. The summed E-state index contributed by atoms with van der Waals surface area (Å²) in [5.74, 6) is 0.644. The first-order valence-corrected chi connectivity index (χ1v) is 9.61. The van der Waals surface area contributed by atoms with Gasteiger partial charge in [-0.15, -0.1) is 0 Å². The van der Waals surface area contributed by atoms with Crippen molar-refractivity contribution in [3.05, 3.63) is 24.3 Å². The minimum Gasteiger partial charge on any atom is -0.493 e. The van der Waals surface area contributed by atoms with Crippen molar-refractivity contribution in [1.29, 1.82) is 0 Å². The fraction of sp³-hybridized carbons (Fsp3) is 0.562. The predicted octanol–water partition coefficient (Wildman–Crippen LogP) is 1.07. The van der Waals surface area contributed by atoms with Gasteiger partial charge in [-0.25, -0.2) is 8.42 Å². The van der Waals surface area contributed by atoms with Crippen LogP contribution in [0.25, 0.3) is 0 Å². The molecule has 0 spiro atoms. The van der Waals surface area contributed by atoms with Crippen molar-refractivity contribution in [3.8, 4) is 5.75 Å². The van der Waals surface area contributed by atoms with E-state index < -0.39 is 9.84 Å². The third kappa shape index (κ3) is 5.21. The maximum Gasteiger partial charge on any atom is 0.226 e. The van der Waals surface area contributed by atoms with E-state index in [0.29, 0.717) is 37.3 Å². The number of carbonyl (C=O) groups excluding carboxylic acids is 1. The van der Waals surface area contributed by atoms with E-state index in [4.69, 9.17) is 4.74 Å². The zero-order valence-electron chi connectivity index (χ0n) is 13.8.